The molecule has 4 heterocycles. The summed E-state index contributed by atoms with van der Waals surface area (Å²) in [6.07, 6.45) is 7.78. The van der Waals surface area contributed by atoms with E-state index >= 15 is 0 Å². The summed E-state index contributed by atoms with van der Waals surface area (Å²) in [7, 11) is 0. The second-order valence-corrected chi connectivity index (χ2v) is 7.01. The lowest BCUT2D eigenvalue weighted by Gasteiger charge is -2.09. The van der Waals surface area contributed by atoms with Gasteiger partial charge in [-0.2, -0.15) is 0 Å². The molecule has 2 N–H and O–H groups in total. The molecule has 4 heteroatoms. The van der Waals surface area contributed by atoms with Crippen molar-refractivity contribution in [1.29, 1.82) is 0 Å². The average Bonchev–Trinajstić information content (AvgIpc) is 3.15. The van der Waals surface area contributed by atoms with Gasteiger partial charge in [0.1, 0.15) is 5.65 Å². The van der Waals surface area contributed by atoms with Gasteiger partial charge < -0.3 is 9.97 Å². The molecule has 122 valence electrons. The fourth-order valence-corrected chi connectivity index (χ4v) is 3.53. The Hall–Kier alpha value is -2.62. The lowest BCUT2D eigenvalue weighted by atomic mass is 9.96. The maximum absolute atomic E-state index is 4.64. The molecular formula is C20H22N4. The zero-order chi connectivity index (χ0) is 16.8. The van der Waals surface area contributed by atoms with Gasteiger partial charge in [-0.25, -0.2) is 4.98 Å². The van der Waals surface area contributed by atoms with Crippen LogP contribution in [0.25, 0.3) is 33.2 Å². The Morgan fingerprint density at radius 1 is 1.00 bits per heavy atom. The lowest BCUT2D eigenvalue weighted by molar-refractivity contribution is 0.875. The van der Waals surface area contributed by atoms with Crippen molar-refractivity contribution in [3.8, 4) is 11.3 Å². The van der Waals surface area contributed by atoms with Crippen LogP contribution in [0.1, 0.15) is 50.7 Å². The molecule has 0 amide bonds. The van der Waals surface area contributed by atoms with Crippen LogP contribution in [-0.4, -0.2) is 19.9 Å². The van der Waals surface area contributed by atoms with Gasteiger partial charge in [0.05, 0.1) is 17.4 Å². The molecular weight excluding hydrogens is 296 g/mol. The molecule has 0 saturated heterocycles. The molecule has 0 unspecified atom stereocenters. The van der Waals surface area contributed by atoms with Gasteiger partial charge in [0.2, 0.25) is 0 Å². The minimum absolute atomic E-state index is 0.419. The van der Waals surface area contributed by atoms with Crippen LogP contribution in [0.4, 0.5) is 0 Å². The summed E-state index contributed by atoms with van der Waals surface area (Å²) in [5, 5.41) is 2.45. The number of nitrogens with zero attached hydrogens (tertiary/aromatic N) is 2. The van der Waals surface area contributed by atoms with E-state index in [2.05, 4.69) is 66.0 Å². The lowest BCUT2D eigenvalue weighted by Crippen LogP contribution is -1.92. The summed E-state index contributed by atoms with van der Waals surface area (Å²) in [6.45, 7) is 8.88. The number of pyridine rings is 2. The van der Waals surface area contributed by atoms with Gasteiger partial charge in [0, 0.05) is 34.9 Å². The molecule has 0 atom stereocenters. The van der Waals surface area contributed by atoms with Crippen LogP contribution in [-0.2, 0) is 0 Å². The maximum Gasteiger partial charge on any atom is 0.137 e. The second-order valence-electron chi connectivity index (χ2n) is 7.01. The van der Waals surface area contributed by atoms with Gasteiger partial charge in [-0.05, 0) is 35.1 Å². The first-order valence-electron chi connectivity index (χ1n) is 8.49. The van der Waals surface area contributed by atoms with Gasteiger partial charge in [-0.3, -0.25) is 4.98 Å². The van der Waals surface area contributed by atoms with Crippen LogP contribution >= 0.6 is 0 Å². The molecule has 0 spiro atoms. The van der Waals surface area contributed by atoms with Crippen LogP contribution in [0.5, 0.6) is 0 Å². The normalized spacial score (nSPS) is 12.1. The van der Waals surface area contributed by atoms with E-state index in [1.165, 1.54) is 21.9 Å². The molecule has 0 radical (unpaired) electrons. The SMILES string of the molecule is CC(C)c1c(-c2cnc3[nH]cc(C(C)C)c3c2)[nH]c2cnccc12. The first-order chi connectivity index (χ1) is 11.6. The average molecular weight is 318 g/mol. The van der Waals surface area contributed by atoms with Crippen LogP contribution in [0.3, 0.4) is 0 Å². The third-order valence-corrected chi connectivity index (χ3v) is 4.69. The number of aromatic amines is 2. The van der Waals surface area contributed by atoms with Crippen molar-refractivity contribution in [1.82, 2.24) is 19.9 Å². The van der Waals surface area contributed by atoms with Gasteiger partial charge in [0.25, 0.3) is 0 Å². The highest BCUT2D eigenvalue weighted by Gasteiger charge is 2.17. The number of rotatable bonds is 3. The summed E-state index contributed by atoms with van der Waals surface area (Å²) in [6, 6.07) is 4.34. The third kappa shape index (κ3) is 2.21. The first-order valence-corrected chi connectivity index (χ1v) is 8.49. The summed E-state index contributed by atoms with van der Waals surface area (Å²) in [4.78, 5) is 15.7. The largest absolute Gasteiger partial charge is 0.353 e. The highest BCUT2D eigenvalue weighted by molar-refractivity contribution is 5.93. The van der Waals surface area contributed by atoms with Crippen LogP contribution in [0.15, 0.2) is 36.9 Å². The molecule has 0 aliphatic heterocycles. The predicted octanol–water partition coefficient (Wildman–Crippen LogP) is 5.35. The molecule has 4 aromatic rings. The number of nitrogens with one attached hydrogen (secondary N) is 2. The molecule has 4 rings (SSSR count). The zero-order valence-corrected chi connectivity index (χ0v) is 14.5. The van der Waals surface area contributed by atoms with Crippen molar-refractivity contribution in [2.75, 3.05) is 0 Å². The number of fused-ring (bicyclic) bond motifs is 2. The Labute approximate surface area is 141 Å². The van der Waals surface area contributed by atoms with E-state index in [4.69, 9.17) is 0 Å². The molecule has 0 bridgehead atoms. The molecule has 24 heavy (non-hydrogen) atoms. The predicted molar refractivity (Wildman–Crippen MR) is 99.4 cm³/mol. The van der Waals surface area contributed by atoms with Crippen molar-refractivity contribution >= 4 is 21.9 Å². The van der Waals surface area contributed by atoms with E-state index in [0.29, 0.717) is 11.8 Å². The fraction of sp³-hybridized carbons (Fsp3) is 0.300. The van der Waals surface area contributed by atoms with E-state index in [0.717, 1.165) is 22.4 Å². The maximum atomic E-state index is 4.64. The molecule has 0 aromatic carbocycles. The van der Waals surface area contributed by atoms with E-state index in [1.54, 1.807) is 0 Å². The number of aromatic nitrogens is 4. The smallest absolute Gasteiger partial charge is 0.137 e. The Morgan fingerprint density at radius 3 is 2.58 bits per heavy atom. The van der Waals surface area contributed by atoms with Gasteiger partial charge in [-0.1, -0.05) is 27.7 Å². The van der Waals surface area contributed by atoms with E-state index in [-0.39, 0.29) is 0 Å². The standard InChI is InChI=1S/C20H22N4/c1-11(2)16-9-23-20-15(16)7-13(8-22-20)19-18(12(3)4)14-5-6-21-10-17(14)24-19/h5-12,24H,1-4H3,(H,22,23). The topological polar surface area (TPSA) is 57.4 Å². The summed E-state index contributed by atoms with van der Waals surface area (Å²) in [5.74, 6) is 0.884. The quantitative estimate of drug-likeness (QED) is 0.534. The Balaban J connectivity index is 1.99. The number of H-pyrrole nitrogens is 2. The minimum atomic E-state index is 0.419. The van der Waals surface area contributed by atoms with Gasteiger partial charge >= 0.3 is 0 Å². The molecule has 0 aliphatic carbocycles. The summed E-state index contributed by atoms with van der Waals surface area (Å²) < 4.78 is 0. The highest BCUT2D eigenvalue weighted by atomic mass is 14.8. The Kier molecular flexibility index (Phi) is 3.41. The molecule has 0 fully saturated rings. The van der Waals surface area contributed by atoms with Crippen LogP contribution in [0.2, 0.25) is 0 Å². The summed E-state index contributed by atoms with van der Waals surface area (Å²) >= 11 is 0. The monoisotopic (exact) mass is 318 g/mol. The third-order valence-electron chi connectivity index (χ3n) is 4.69. The molecule has 0 aliphatic rings. The number of hydrogen-bond acceptors (Lipinski definition) is 2. The first kappa shape index (κ1) is 14.9. The van der Waals surface area contributed by atoms with Crippen molar-refractivity contribution in [2.45, 2.75) is 39.5 Å². The molecule has 4 nitrogen and oxygen atoms in total. The van der Waals surface area contributed by atoms with Crippen molar-refractivity contribution in [3.05, 3.63) is 48.0 Å². The van der Waals surface area contributed by atoms with Gasteiger partial charge in [0.15, 0.2) is 0 Å². The zero-order valence-electron chi connectivity index (χ0n) is 14.5. The summed E-state index contributed by atoms with van der Waals surface area (Å²) in [5.41, 5.74) is 6.95. The minimum Gasteiger partial charge on any atom is -0.353 e. The highest BCUT2D eigenvalue weighted by Crippen LogP contribution is 2.36. The Bertz CT molecular complexity index is 1020. The van der Waals surface area contributed by atoms with E-state index in [9.17, 15) is 0 Å². The van der Waals surface area contributed by atoms with Gasteiger partial charge in [-0.15, -0.1) is 0 Å². The molecule has 4 aromatic heterocycles. The molecule has 0 saturated carbocycles. The van der Waals surface area contributed by atoms with Crippen LogP contribution in [0, 0.1) is 0 Å². The fourth-order valence-electron chi connectivity index (χ4n) is 3.53. The van der Waals surface area contributed by atoms with Crippen molar-refractivity contribution in [3.63, 3.8) is 0 Å². The number of hydrogen-bond donors (Lipinski definition) is 2. The van der Waals surface area contributed by atoms with E-state index < -0.39 is 0 Å². The second kappa shape index (κ2) is 5.48. The van der Waals surface area contributed by atoms with E-state index in [1.807, 2.05) is 18.6 Å². The Morgan fingerprint density at radius 2 is 1.83 bits per heavy atom. The van der Waals surface area contributed by atoms with Crippen molar-refractivity contribution in [2.24, 2.45) is 0 Å². The van der Waals surface area contributed by atoms with Crippen molar-refractivity contribution < 1.29 is 0 Å². The van der Waals surface area contributed by atoms with Crippen LogP contribution < -0.4 is 0 Å².